The largest absolute Gasteiger partial charge is 0.328 e. The minimum Gasteiger partial charge on any atom is -0.326 e. The molecule has 0 saturated carbocycles. The Morgan fingerprint density at radius 3 is 2.57 bits per heavy atom. The van der Waals surface area contributed by atoms with Crippen LogP contribution in [0.2, 0.25) is 0 Å². The topological polar surface area (TPSA) is 143 Å². The smallest absolute Gasteiger partial charge is 0.326 e. The van der Waals surface area contributed by atoms with Crippen LogP contribution in [0.15, 0.2) is 62.6 Å². The lowest BCUT2D eigenvalue weighted by Crippen LogP contribution is -2.29. The van der Waals surface area contributed by atoms with E-state index in [1.54, 1.807) is 5.38 Å². The summed E-state index contributed by atoms with van der Waals surface area (Å²) in [5, 5.41) is 4.53. The van der Waals surface area contributed by atoms with Gasteiger partial charge < -0.3 is 9.88 Å². The SMILES string of the molecule is O=C(CCn1ccc(=O)[nH]c1=O)Nc1ccc(S(=O)(=O)Nc2nccs2)cc1. The van der Waals surface area contributed by atoms with Crippen LogP contribution in [0.1, 0.15) is 6.42 Å². The molecular formula is C16H15N5O5S2. The highest BCUT2D eigenvalue weighted by Crippen LogP contribution is 2.19. The number of thiazole rings is 1. The van der Waals surface area contributed by atoms with Gasteiger partial charge in [0, 0.05) is 42.5 Å². The van der Waals surface area contributed by atoms with E-state index in [-0.39, 0.29) is 28.9 Å². The van der Waals surface area contributed by atoms with Gasteiger partial charge in [-0.3, -0.25) is 19.3 Å². The molecule has 0 radical (unpaired) electrons. The molecule has 0 aliphatic rings. The zero-order valence-electron chi connectivity index (χ0n) is 14.3. The molecule has 3 aromatic rings. The van der Waals surface area contributed by atoms with Crippen molar-refractivity contribution < 1.29 is 13.2 Å². The molecule has 28 heavy (non-hydrogen) atoms. The van der Waals surface area contributed by atoms with Crippen LogP contribution in [0.3, 0.4) is 0 Å². The summed E-state index contributed by atoms with van der Waals surface area (Å²) in [6.07, 6.45) is 2.80. The van der Waals surface area contributed by atoms with Crippen molar-refractivity contribution in [2.45, 2.75) is 17.9 Å². The predicted octanol–water partition coefficient (Wildman–Crippen LogP) is 0.823. The molecule has 10 nitrogen and oxygen atoms in total. The molecule has 3 rings (SSSR count). The van der Waals surface area contributed by atoms with Crippen molar-refractivity contribution in [1.82, 2.24) is 14.5 Å². The number of aryl methyl sites for hydroxylation is 1. The van der Waals surface area contributed by atoms with Crippen molar-refractivity contribution in [3.05, 3.63) is 68.9 Å². The number of hydrogen-bond donors (Lipinski definition) is 3. The fourth-order valence-electron chi connectivity index (χ4n) is 2.23. The summed E-state index contributed by atoms with van der Waals surface area (Å²) in [4.78, 5) is 40.6. The van der Waals surface area contributed by atoms with E-state index >= 15 is 0 Å². The maximum atomic E-state index is 12.3. The molecule has 12 heteroatoms. The first kappa shape index (κ1) is 19.5. The molecule has 0 aliphatic carbocycles. The van der Waals surface area contributed by atoms with E-state index < -0.39 is 21.3 Å². The van der Waals surface area contributed by atoms with E-state index in [4.69, 9.17) is 0 Å². The second kappa shape index (κ2) is 8.19. The molecule has 0 saturated heterocycles. The third-order valence-electron chi connectivity index (χ3n) is 3.58. The molecule has 0 bridgehead atoms. The number of aromatic amines is 1. The standard InChI is InChI=1S/C16H15N5O5S2/c22-13(5-8-21-9-6-14(23)19-16(21)24)18-11-1-3-12(4-2-11)28(25,26)20-15-17-7-10-27-15/h1-4,6-7,9-10H,5,8H2,(H,17,20)(H,18,22)(H,19,23,24). The highest BCUT2D eigenvalue weighted by Gasteiger charge is 2.15. The molecule has 0 fully saturated rings. The lowest BCUT2D eigenvalue weighted by molar-refractivity contribution is -0.116. The summed E-state index contributed by atoms with van der Waals surface area (Å²) in [6, 6.07) is 6.83. The Balaban J connectivity index is 1.59. The van der Waals surface area contributed by atoms with Gasteiger partial charge in [-0.05, 0) is 24.3 Å². The van der Waals surface area contributed by atoms with Crippen LogP contribution in [0.5, 0.6) is 0 Å². The van der Waals surface area contributed by atoms with Crippen molar-refractivity contribution in [2.24, 2.45) is 0 Å². The van der Waals surface area contributed by atoms with Crippen LogP contribution in [0, 0.1) is 0 Å². The number of amides is 1. The van der Waals surface area contributed by atoms with Gasteiger partial charge in [-0.2, -0.15) is 0 Å². The van der Waals surface area contributed by atoms with Crippen LogP contribution < -0.4 is 21.3 Å². The van der Waals surface area contributed by atoms with E-state index in [0.29, 0.717) is 5.69 Å². The van der Waals surface area contributed by atoms with Crippen LogP contribution in [-0.2, 0) is 21.4 Å². The van der Waals surface area contributed by atoms with Crippen molar-refractivity contribution in [3.8, 4) is 0 Å². The van der Waals surface area contributed by atoms with Crippen LogP contribution in [-0.4, -0.2) is 28.9 Å². The highest BCUT2D eigenvalue weighted by atomic mass is 32.2. The van der Waals surface area contributed by atoms with Gasteiger partial charge in [-0.25, -0.2) is 18.2 Å². The average molecular weight is 421 g/mol. The molecule has 0 aliphatic heterocycles. The highest BCUT2D eigenvalue weighted by molar-refractivity contribution is 7.93. The van der Waals surface area contributed by atoms with E-state index in [1.807, 2.05) is 0 Å². The van der Waals surface area contributed by atoms with Gasteiger partial charge in [0.2, 0.25) is 5.91 Å². The van der Waals surface area contributed by atoms with Gasteiger partial charge in [0.1, 0.15) is 0 Å². The Bertz CT molecular complexity index is 1180. The Labute approximate surface area is 162 Å². The summed E-state index contributed by atoms with van der Waals surface area (Å²) < 4.78 is 28.1. The quantitative estimate of drug-likeness (QED) is 0.515. The first-order valence-corrected chi connectivity index (χ1v) is 10.3. The number of rotatable bonds is 7. The number of anilines is 2. The van der Waals surface area contributed by atoms with Crippen molar-refractivity contribution in [3.63, 3.8) is 0 Å². The van der Waals surface area contributed by atoms with Gasteiger partial charge in [0.25, 0.3) is 15.6 Å². The Hall–Kier alpha value is -3.25. The lowest BCUT2D eigenvalue weighted by atomic mass is 10.3. The minimum absolute atomic E-state index is 0.00238. The Morgan fingerprint density at radius 1 is 1.18 bits per heavy atom. The normalized spacial score (nSPS) is 11.1. The fraction of sp³-hybridized carbons (Fsp3) is 0.125. The number of sulfonamides is 1. The Morgan fingerprint density at radius 2 is 1.93 bits per heavy atom. The predicted molar refractivity (Wildman–Crippen MR) is 104 cm³/mol. The second-order valence-electron chi connectivity index (χ2n) is 5.57. The molecule has 146 valence electrons. The first-order chi connectivity index (χ1) is 13.3. The molecule has 0 spiro atoms. The van der Waals surface area contributed by atoms with Gasteiger partial charge in [-0.1, -0.05) is 0 Å². The molecule has 3 N–H and O–H groups in total. The number of benzene rings is 1. The first-order valence-electron chi connectivity index (χ1n) is 7.95. The molecular weight excluding hydrogens is 406 g/mol. The zero-order chi connectivity index (χ0) is 20.1. The van der Waals surface area contributed by atoms with E-state index in [0.717, 1.165) is 11.3 Å². The Kier molecular flexibility index (Phi) is 5.70. The van der Waals surface area contributed by atoms with Crippen LogP contribution in [0.4, 0.5) is 10.8 Å². The number of carbonyl (C=O) groups excluding carboxylic acids is 1. The van der Waals surface area contributed by atoms with Gasteiger partial charge in [0.05, 0.1) is 4.90 Å². The lowest BCUT2D eigenvalue weighted by Gasteiger charge is -2.08. The maximum absolute atomic E-state index is 12.3. The number of H-pyrrole nitrogens is 1. The van der Waals surface area contributed by atoms with Gasteiger partial charge in [0.15, 0.2) is 5.13 Å². The second-order valence-corrected chi connectivity index (χ2v) is 8.15. The molecule has 2 aromatic heterocycles. The molecule has 1 amide bonds. The summed E-state index contributed by atoms with van der Waals surface area (Å²) in [7, 11) is -3.76. The van der Waals surface area contributed by atoms with Crippen molar-refractivity contribution in [1.29, 1.82) is 0 Å². The number of hydrogen-bond acceptors (Lipinski definition) is 7. The third-order valence-corrected chi connectivity index (χ3v) is 5.75. The number of aromatic nitrogens is 3. The van der Waals surface area contributed by atoms with Gasteiger partial charge >= 0.3 is 5.69 Å². The summed E-state index contributed by atoms with van der Waals surface area (Å²) in [5.41, 5.74) is -0.695. The summed E-state index contributed by atoms with van der Waals surface area (Å²) in [5.74, 6) is -0.366. The number of nitrogens with zero attached hydrogens (tertiary/aromatic N) is 2. The number of carbonyl (C=O) groups is 1. The van der Waals surface area contributed by atoms with Gasteiger partial charge in [-0.15, -0.1) is 11.3 Å². The molecule has 1 aromatic carbocycles. The monoisotopic (exact) mass is 421 g/mol. The molecule has 0 atom stereocenters. The maximum Gasteiger partial charge on any atom is 0.328 e. The van der Waals surface area contributed by atoms with E-state index in [9.17, 15) is 22.8 Å². The fourth-order valence-corrected chi connectivity index (χ4v) is 4.02. The molecule has 2 heterocycles. The number of nitrogens with one attached hydrogen (secondary N) is 3. The van der Waals surface area contributed by atoms with Crippen molar-refractivity contribution >= 4 is 38.1 Å². The third kappa shape index (κ3) is 4.92. The van der Waals surface area contributed by atoms with E-state index in [2.05, 4.69) is 20.0 Å². The van der Waals surface area contributed by atoms with Crippen LogP contribution >= 0.6 is 11.3 Å². The zero-order valence-corrected chi connectivity index (χ0v) is 15.9. The average Bonchev–Trinajstić information content (AvgIpc) is 3.14. The summed E-state index contributed by atoms with van der Waals surface area (Å²) >= 11 is 1.16. The minimum atomic E-state index is -3.76. The summed E-state index contributed by atoms with van der Waals surface area (Å²) in [6.45, 7) is 0.0889. The van der Waals surface area contributed by atoms with Crippen molar-refractivity contribution in [2.75, 3.05) is 10.0 Å². The molecule has 0 unspecified atom stereocenters. The van der Waals surface area contributed by atoms with Crippen LogP contribution in [0.25, 0.3) is 0 Å². The van der Waals surface area contributed by atoms with E-state index in [1.165, 1.54) is 47.3 Å².